The highest BCUT2D eigenvalue weighted by Crippen LogP contribution is 2.34. The Balaban J connectivity index is 1.53. The van der Waals surface area contributed by atoms with Gasteiger partial charge in [-0.25, -0.2) is 9.69 Å². The Kier molecular flexibility index (Phi) is 6.43. The number of aromatic carboxylic acids is 1. The number of anilines is 3. The van der Waals surface area contributed by atoms with Gasteiger partial charge in [-0.15, -0.1) is 0 Å². The molecule has 0 aromatic heterocycles. The van der Waals surface area contributed by atoms with Gasteiger partial charge in [-0.3, -0.25) is 14.4 Å². The lowest BCUT2D eigenvalue weighted by Gasteiger charge is -2.31. The number of carbonyl (C=O) groups excluding carboxylic acids is 3. The lowest BCUT2D eigenvalue weighted by molar-refractivity contribution is 0.0696. The SMILES string of the molecule is Cc1ccc(NC(=O)c2cc(N3C(=O)c4ccc(C(=O)O)cc4C3=O)ccc2N2CCCCC2)cc1Cl. The number of benzene rings is 3. The average Bonchev–Trinajstić information content (AvgIpc) is 3.15. The topological polar surface area (TPSA) is 107 Å². The van der Waals surface area contributed by atoms with Crippen molar-refractivity contribution < 1.29 is 24.3 Å². The van der Waals surface area contributed by atoms with E-state index in [0.29, 0.717) is 22.0 Å². The Labute approximate surface area is 218 Å². The standard InChI is InChI=1S/C28H24ClN3O5/c1-16-5-7-18(14-23(16)29)30-25(33)22-15-19(8-10-24(22)31-11-3-2-4-12-31)32-26(34)20-9-6-17(28(36)37)13-21(20)27(32)35/h5-10,13-15H,2-4,11-12H2,1H3,(H,30,33)(H,36,37). The number of nitrogens with zero attached hydrogens (tertiary/aromatic N) is 2. The quantitative estimate of drug-likeness (QED) is 0.439. The summed E-state index contributed by atoms with van der Waals surface area (Å²) < 4.78 is 0. The van der Waals surface area contributed by atoms with Gasteiger partial charge >= 0.3 is 5.97 Å². The molecular formula is C28H24ClN3O5. The summed E-state index contributed by atoms with van der Waals surface area (Å²) in [5.74, 6) is -2.79. The first kappa shape index (κ1) is 24.5. The zero-order chi connectivity index (χ0) is 26.3. The maximum atomic E-state index is 13.5. The summed E-state index contributed by atoms with van der Waals surface area (Å²) in [5, 5.41) is 12.7. The molecule has 1 saturated heterocycles. The predicted octanol–water partition coefficient (Wildman–Crippen LogP) is 5.39. The van der Waals surface area contributed by atoms with E-state index in [4.69, 9.17) is 11.6 Å². The average molecular weight is 518 g/mol. The van der Waals surface area contributed by atoms with E-state index >= 15 is 0 Å². The summed E-state index contributed by atoms with van der Waals surface area (Å²) in [6.07, 6.45) is 3.12. The van der Waals surface area contributed by atoms with Gasteiger partial charge in [0.2, 0.25) is 0 Å². The number of nitrogens with one attached hydrogen (secondary N) is 1. The van der Waals surface area contributed by atoms with Gasteiger partial charge in [0.15, 0.2) is 0 Å². The highest BCUT2D eigenvalue weighted by molar-refractivity contribution is 6.35. The minimum absolute atomic E-state index is 0.0188. The van der Waals surface area contributed by atoms with Crippen molar-refractivity contribution in [2.75, 3.05) is 28.2 Å². The Hall–Kier alpha value is -4.17. The molecule has 2 aliphatic heterocycles. The van der Waals surface area contributed by atoms with Crippen molar-refractivity contribution in [3.05, 3.63) is 87.4 Å². The Morgan fingerprint density at radius 3 is 2.32 bits per heavy atom. The van der Waals surface area contributed by atoms with Crippen molar-refractivity contribution in [3.63, 3.8) is 0 Å². The van der Waals surface area contributed by atoms with Crippen LogP contribution in [0.25, 0.3) is 0 Å². The van der Waals surface area contributed by atoms with E-state index in [1.54, 1.807) is 24.3 Å². The highest BCUT2D eigenvalue weighted by Gasteiger charge is 2.38. The van der Waals surface area contributed by atoms with Gasteiger partial charge in [0.05, 0.1) is 27.9 Å². The molecule has 9 heteroatoms. The first-order chi connectivity index (χ1) is 17.7. The first-order valence-corrected chi connectivity index (χ1v) is 12.3. The number of hydrogen-bond acceptors (Lipinski definition) is 5. The minimum Gasteiger partial charge on any atom is -0.478 e. The van der Waals surface area contributed by atoms with Crippen molar-refractivity contribution in [2.45, 2.75) is 26.2 Å². The zero-order valence-corrected chi connectivity index (χ0v) is 20.8. The van der Waals surface area contributed by atoms with Crippen LogP contribution in [0, 0.1) is 6.92 Å². The second-order valence-corrected chi connectivity index (χ2v) is 9.59. The number of fused-ring (bicyclic) bond motifs is 1. The van der Waals surface area contributed by atoms with E-state index in [-0.39, 0.29) is 22.4 Å². The van der Waals surface area contributed by atoms with Gasteiger partial charge in [0.25, 0.3) is 17.7 Å². The van der Waals surface area contributed by atoms with Crippen molar-refractivity contribution in [2.24, 2.45) is 0 Å². The summed E-state index contributed by atoms with van der Waals surface area (Å²) in [4.78, 5) is 54.3. The molecule has 188 valence electrons. The van der Waals surface area contributed by atoms with Crippen molar-refractivity contribution in [1.82, 2.24) is 0 Å². The van der Waals surface area contributed by atoms with E-state index in [2.05, 4.69) is 10.2 Å². The van der Waals surface area contributed by atoms with Crippen LogP contribution in [0.1, 0.15) is 66.3 Å². The zero-order valence-electron chi connectivity index (χ0n) is 20.1. The molecule has 0 spiro atoms. The Morgan fingerprint density at radius 1 is 0.892 bits per heavy atom. The number of halogens is 1. The second-order valence-electron chi connectivity index (χ2n) is 9.18. The van der Waals surface area contributed by atoms with Gasteiger partial charge in [0.1, 0.15) is 0 Å². The summed E-state index contributed by atoms with van der Waals surface area (Å²) in [6, 6.07) is 14.0. The molecule has 3 amide bonds. The van der Waals surface area contributed by atoms with E-state index in [1.807, 2.05) is 13.0 Å². The molecule has 1 fully saturated rings. The summed E-state index contributed by atoms with van der Waals surface area (Å²) >= 11 is 6.24. The molecular weight excluding hydrogens is 494 g/mol. The Morgan fingerprint density at radius 2 is 1.62 bits per heavy atom. The number of imide groups is 1. The number of carbonyl (C=O) groups is 4. The molecule has 37 heavy (non-hydrogen) atoms. The minimum atomic E-state index is -1.19. The smallest absolute Gasteiger partial charge is 0.335 e. The van der Waals surface area contributed by atoms with Crippen LogP contribution in [0.4, 0.5) is 17.1 Å². The van der Waals surface area contributed by atoms with Crippen LogP contribution < -0.4 is 15.1 Å². The molecule has 0 bridgehead atoms. The maximum Gasteiger partial charge on any atom is 0.335 e. The molecule has 8 nitrogen and oxygen atoms in total. The fourth-order valence-electron chi connectivity index (χ4n) is 4.73. The third kappa shape index (κ3) is 4.56. The fourth-order valence-corrected chi connectivity index (χ4v) is 4.91. The number of rotatable bonds is 5. The summed E-state index contributed by atoms with van der Waals surface area (Å²) in [7, 11) is 0. The lowest BCUT2D eigenvalue weighted by Crippen LogP contribution is -2.33. The van der Waals surface area contributed by atoms with Crippen molar-refractivity contribution >= 4 is 52.4 Å². The van der Waals surface area contributed by atoms with Gasteiger partial charge in [-0.05, 0) is 80.3 Å². The fraction of sp³-hybridized carbons (Fsp3) is 0.214. The molecule has 3 aromatic carbocycles. The predicted molar refractivity (Wildman–Crippen MR) is 141 cm³/mol. The van der Waals surface area contributed by atoms with Crippen LogP contribution in [0.3, 0.4) is 0 Å². The lowest BCUT2D eigenvalue weighted by atomic mass is 10.0. The van der Waals surface area contributed by atoms with Gasteiger partial charge < -0.3 is 15.3 Å². The maximum absolute atomic E-state index is 13.5. The molecule has 0 atom stereocenters. The highest BCUT2D eigenvalue weighted by atomic mass is 35.5. The molecule has 0 saturated carbocycles. The van der Waals surface area contributed by atoms with E-state index < -0.39 is 23.7 Å². The summed E-state index contributed by atoms with van der Waals surface area (Å²) in [6.45, 7) is 3.45. The second kappa shape index (κ2) is 9.71. The van der Waals surface area contributed by atoms with Crippen molar-refractivity contribution in [3.8, 4) is 0 Å². The van der Waals surface area contributed by atoms with Crippen LogP contribution in [-0.4, -0.2) is 41.9 Å². The monoisotopic (exact) mass is 517 g/mol. The number of amides is 3. The molecule has 0 aliphatic carbocycles. The number of hydrogen-bond donors (Lipinski definition) is 2. The number of piperidine rings is 1. The van der Waals surface area contributed by atoms with Gasteiger partial charge in [-0.1, -0.05) is 17.7 Å². The van der Waals surface area contributed by atoms with Crippen molar-refractivity contribution in [1.29, 1.82) is 0 Å². The number of carboxylic acids is 1. The molecule has 2 N–H and O–H groups in total. The van der Waals surface area contributed by atoms with E-state index in [9.17, 15) is 24.3 Å². The normalized spacial score (nSPS) is 15.1. The molecule has 5 rings (SSSR count). The molecule has 2 heterocycles. The largest absolute Gasteiger partial charge is 0.478 e. The first-order valence-electron chi connectivity index (χ1n) is 12.0. The van der Waals surface area contributed by atoms with Crippen LogP contribution >= 0.6 is 11.6 Å². The number of aryl methyl sites for hydroxylation is 1. The third-order valence-electron chi connectivity index (χ3n) is 6.74. The molecule has 0 radical (unpaired) electrons. The van der Waals surface area contributed by atoms with E-state index in [0.717, 1.165) is 42.8 Å². The molecule has 3 aromatic rings. The summed E-state index contributed by atoms with van der Waals surface area (Å²) in [5.41, 5.74) is 2.73. The van der Waals surface area contributed by atoms with Gasteiger partial charge in [0, 0.05) is 29.5 Å². The Bertz CT molecular complexity index is 1460. The van der Waals surface area contributed by atoms with Crippen LogP contribution in [0.5, 0.6) is 0 Å². The van der Waals surface area contributed by atoms with Crippen LogP contribution in [0.2, 0.25) is 5.02 Å². The molecule has 2 aliphatic rings. The van der Waals surface area contributed by atoms with Gasteiger partial charge in [-0.2, -0.15) is 0 Å². The number of carboxylic acid groups (broad SMARTS) is 1. The van der Waals surface area contributed by atoms with Crippen LogP contribution in [0.15, 0.2) is 54.6 Å². The van der Waals surface area contributed by atoms with E-state index in [1.165, 1.54) is 24.3 Å². The molecule has 0 unspecified atom stereocenters. The third-order valence-corrected chi connectivity index (χ3v) is 7.15. The van der Waals surface area contributed by atoms with Crippen LogP contribution in [-0.2, 0) is 0 Å².